The van der Waals surface area contributed by atoms with Crippen LogP contribution in [0.2, 0.25) is 0 Å². The Bertz CT molecular complexity index is 495. The molecule has 1 heterocycles. The van der Waals surface area contributed by atoms with Gasteiger partial charge in [-0.2, -0.15) is 13.2 Å². The lowest BCUT2D eigenvalue weighted by molar-refractivity contribution is -0.137. The highest BCUT2D eigenvalue weighted by molar-refractivity contribution is 5.52. The summed E-state index contributed by atoms with van der Waals surface area (Å²) in [6, 6.07) is 5.61. The van der Waals surface area contributed by atoms with Gasteiger partial charge in [0.25, 0.3) is 0 Å². The van der Waals surface area contributed by atoms with Crippen LogP contribution in [0.15, 0.2) is 24.3 Å². The Kier molecular flexibility index (Phi) is 3.86. The van der Waals surface area contributed by atoms with Crippen molar-refractivity contribution in [2.75, 3.05) is 11.9 Å². The Hall–Kier alpha value is -1.23. The number of hydrogen-bond acceptors (Lipinski definition) is 2. The van der Waals surface area contributed by atoms with Gasteiger partial charge in [0.05, 0.1) is 17.3 Å². The minimum atomic E-state index is -4.33. The summed E-state index contributed by atoms with van der Waals surface area (Å²) in [5.41, 5.74) is -0.449. The van der Waals surface area contributed by atoms with Crippen molar-refractivity contribution < 1.29 is 17.9 Å². The third-order valence-corrected chi connectivity index (χ3v) is 4.61. The average Bonchev–Trinajstić information content (AvgIpc) is 3.07. The molecule has 1 aliphatic heterocycles. The zero-order valence-corrected chi connectivity index (χ0v) is 11.9. The van der Waals surface area contributed by atoms with Crippen LogP contribution in [0.4, 0.5) is 18.9 Å². The van der Waals surface area contributed by atoms with E-state index in [0.29, 0.717) is 6.54 Å². The molecule has 1 spiro atoms. The minimum Gasteiger partial charge on any atom is -0.382 e. The number of nitrogens with one attached hydrogen (secondary N) is 1. The molecule has 1 aliphatic carbocycles. The second kappa shape index (κ2) is 5.52. The molecule has 0 bridgehead atoms. The number of rotatable bonds is 3. The van der Waals surface area contributed by atoms with Crippen molar-refractivity contribution in [3.63, 3.8) is 0 Å². The first-order valence-corrected chi connectivity index (χ1v) is 7.56. The van der Waals surface area contributed by atoms with Crippen LogP contribution in [0.5, 0.6) is 0 Å². The first-order valence-electron chi connectivity index (χ1n) is 7.56. The molecule has 1 aromatic carbocycles. The molecule has 116 valence electrons. The summed E-state index contributed by atoms with van der Waals surface area (Å²) in [5.74, 6) is 0. The van der Waals surface area contributed by atoms with Crippen molar-refractivity contribution in [1.29, 1.82) is 0 Å². The zero-order valence-electron chi connectivity index (χ0n) is 11.9. The molecule has 1 saturated carbocycles. The predicted molar refractivity (Wildman–Crippen MR) is 75.2 cm³/mol. The lowest BCUT2D eigenvalue weighted by Gasteiger charge is -2.24. The topological polar surface area (TPSA) is 21.3 Å². The number of anilines is 1. The Morgan fingerprint density at radius 1 is 1.14 bits per heavy atom. The molecule has 5 heteroatoms. The molecule has 2 fully saturated rings. The van der Waals surface area contributed by atoms with Gasteiger partial charge in [0.2, 0.25) is 0 Å². The zero-order chi connectivity index (χ0) is 14.9. The molecule has 2 aliphatic rings. The summed E-state index contributed by atoms with van der Waals surface area (Å²) in [4.78, 5) is 0. The van der Waals surface area contributed by atoms with E-state index >= 15 is 0 Å². The molecule has 21 heavy (non-hydrogen) atoms. The first-order chi connectivity index (χ1) is 9.99. The number of alkyl halides is 3. The fraction of sp³-hybridized carbons (Fsp3) is 0.625. The first kappa shape index (κ1) is 14.7. The van der Waals surface area contributed by atoms with Gasteiger partial charge in [-0.1, -0.05) is 25.0 Å². The van der Waals surface area contributed by atoms with E-state index in [1.807, 2.05) is 0 Å². The Balaban J connectivity index is 1.61. The van der Waals surface area contributed by atoms with Crippen LogP contribution in [0.1, 0.15) is 44.1 Å². The number of benzene rings is 1. The summed E-state index contributed by atoms with van der Waals surface area (Å²) in [5, 5.41) is 2.92. The molecular formula is C16H20F3NO. The quantitative estimate of drug-likeness (QED) is 0.880. The van der Waals surface area contributed by atoms with E-state index in [0.717, 1.165) is 31.7 Å². The molecule has 1 atom stereocenters. The van der Waals surface area contributed by atoms with E-state index in [2.05, 4.69) is 5.32 Å². The molecule has 3 rings (SSSR count). The molecule has 1 N–H and O–H groups in total. The van der Waals surface area contributed by atoms with E-state index in [9.17, 15) is 13.2 Å². The van der Waals surface area contributed by atoms with Crippen LogP contribution < -0.4 is 5.32 Å². The minimum absolute atomic E-state index is 0.0180. The lowest BCUT2D eigenvalue weighted by atomic mass is 9.98. The van der Waals surface area contributed by atoms with Gasteiger partial charge in [-0.15, -0.1) is 0 Å². The van der Waals surface area contributed by atoms with E-state index in [-0.39, 0.29) is 17.4 Å². The molecule has 1 aromatic rings. The fourth-order valence-corrected chi connectivity index (χ4v) is 3.53. The number of para-hydroxylation sites is 1. The maximum atomic E-state index is 12.9. The standard InChI is InChI=1S/C16H20F3NO/c17-16(18,19)13-5-1-2-6-14(13)20-11-12-7-10-15(21-12)8-3-4-9-15/h1-2,5-6,12,20H,3-4,7-11H2. The van der Waals surface area contributed by atoms with Gasteiger partial charge < -0.3 is 10.1 Å². The summed E-state index contributed by atoms with van der Waals surface area (Å²) in [6.45, 7) is 0.439. The largest absolute Gasteiger partial charge is 0.418 e. The van der Waals surface area contributed by atoms with Gasteiger partial charge in [0.15, 0.2) is 0 Å². The number of halogens is 3. The highest BCUT2D eigenvalue weighted by Gasteiger charge is 2.42. The van der Waals surface area contributed by atoms with Crippen LogP contribution in [-0.4, -0.2) is 18.2 Å². The average molecular weight is 299 g/mol. The van der Waals surface area contributed by atoms with Crippen molar-refractivity contribution in [2.24, 2.45) is 0 Å². The summed E-state index contributed by atoms with van der Waals surface area (Å²) in [6.07, 6.45) is 2.28. The maximum Gasteiger partial charge on any atom is 0.418 e. The SMILES string of the molecule is FC(F)(F)c1ccccc1NCC1CCC2(CCCC2)O1. The van der Waals surface area contributed by atoms with Crippen molar-refractivity contribution in [3.05, 3.63) is 29.8 Å². The number of hydrogen-bond donors (Lipinski definition) is 1. The second-order valence-electron chi connectivity index (χ2n) is 6.09. The lowest BCUT2D eigenvalue weighted by Crippen LogP contribution is -2.28. The van der Waals surface area contributed by atoms with Crippen LogP contribution in [0.25, 0.3) is 0 Å². The third-order valence-electron chi connectivity index (χ3n) is 4.61. The maximum absolute atomic E-state index is 12.9. The monoisotopic (exact) mass is 299 g/mol. The highest BCUT2D eigenvalue weighted by Crippen LogP contribution is 2.43. The summed E-state index contributed by atoms with van der Waals surface area (Å²) < 4.78 is 44.9. The van der Waals surface area contributed by atoms with E-state index in [1.54, 1.807) is 6.07 Å². The van der Waals surface area contributed by atoms with Crippen molar-refractivity contribution in [1.82, 2.24) is 0 Å². The van der Waals surface area contributed by atoms with Gasteiger partial charge in [0.1, 0.15) is 0 Å². The number of ether oxygens (including phenoxy) is 1. The van der Waals surface area contributed by atoms with E-state index in [1.165, 1.54) is 25.0 Å². The third kappa shape index (κ3) is 3.18. The molecular weight excluding hydrogens is 279 g/mol. The predicted octanol–water partition coefficient (Wildman–Crippen LogP) is 4.61. The van der Waals surface area contributed by atoms with Crippen molar-refractivity contribution in [2.45, 2.75) is 56.4 Å². The molecule has 2 nitrogen and oxygen atoms in total. The Morgan fingerprint density at radius 2 is 1.86 bits per heavy atom. The van der Waals surface area contributed by atoms with Crippen molar-refractivity contribution >= 4 is 5.69 Å². The second-order valence-corrected chi connectivity index (χ2v) is 6.09. The molecule has 1 saturated heterocycles. The van der Waals surface area contributed by atoms with Crippen molar-refractivity contribution in [3.8, 4) is 0 Å². The Morgan fingerprint density at radius 3 is 2.57 bits per heavy atom. The normalized spacial score (nSPS) is 24.6. The van der Waals surface area contributed by atoms with Crippen LogP contribution in [0.3, 0.4) is 0 Å². The van der Waals surface area contributed by atoms with Gasteiger partial charge in [-0.05, 0) is 37.8 Å². The summed E-state index contributed by atoms with van der Waals surface area (Å²) >= 11 is 0. The fourth-order valence-electron chi connectivity index (χ4n) is 3.53. The molecule has 0 amide bonds. The smallest absolute Gasteiger partial charge is 0.382 e. The summed E-state index contributed by atoms with van der Waals surface area (Å²) in [7, 11) is 0. The van der Waals surface area contributed by atoms with Gasteiger partial charge in [-0.25, -0.2) is 0 Å². The van der Waals surface area contributed by atoms with Gasteiger partial charge in [-0.3, -0.25) is 0 Å². The van der Waals surface area contributed by atoms with Gasteiger partial charge >= 0.3 is 6.18 Å². The Labute approximate surface area is 122 Å². The van der Waals surface area contributed by atoms with E-state index < -0.39 is 11.7 Å². The van der Waals surface area contributed by atoms with E-state index in [4.69, 9.17) is 4.74 Å². The van der Waals surface area contributed by atoms with Crippen LogP contribution in [-0.2, 0) is 10.9 Å². The van der Waals surface area contributed by atoms with Gasteiger partial charge in [0, 0.05) is 12.2 Å². The molecule has 0 radical (unpaired) electrons. The van der Waals surface area contributed by atoms with Crippen LogP contribution in [0, 0.1) is 0 Å². The molecule has 1 unspecified atom stereocenters. The molecule has 0 aromatic heterocycles. The highest BCUT2D eigenvalue weighted by atomic mass is 19.4. The van der Waals surface area contributed by atoms with Crippen LogP contribution >= 0.6 is 0 Å².